The first-order chi connectivity index (χ1) is 13.6. The highest BCUT2D eigenvalue weighted by Crippen LogP contribution is 2.36. The number of fused-ring (bicyclic) bond motifs is 1. The third kappa shape index (κ3) is 3.27. The Kier molecular flexibility index (Phi) is 4.88. The molecule has 0 fully saturated rings. The summed E-state index contributed by atoms with van der Waals surface area (Å²) >= 11 is 0. The highest BCUT2D eigenvalue weighted by molar-refractivity contribution is 5.94. The summed E-state index contributed by atoms with van der Waals surface area (Å²) in [6.07, 6.45) is 4.70. The topological polar surface area (TPSA) is 81.2 Å². The maximum absolute atomic E-state index is 12.7. The van der Waals surface area contributed by atoms with E-state index in [0.29, 0.717) is 5.69 Å². The monoisotopic (exact) mass is 376 g/mol. The lowest BCUT2D eigenvalue weighted by molar-refractivity contribution is 0.0912. The molecule has 0 spiro atoms. The lowest BCUT2D eigenvalue weighted by Gasteiger charge is -2.16. The number of anilines is 1. The van der Waals surface area contributed by atoms with Gasteiger partial charge in [-0.3, -0.25) is 4.79 Å². The first-order valence-corrected chi connectivity index (χ1v) is 9.43. The van der Waals surface area contributed by atoms with Crippen molar-refractivity contribution in [1.29, 1.82) is 0 Å². The number of amides is 1. The fraction of sp³-hybridized carbons (Fsp3) is 0.273. The Morgan fingerprint density at radius 1 is 1.36 bits per heavy atom. The van der Waals surface area contributed by atoms with Crippen molar-refractivity contribution in [3.8, 4) is 11.1 Å². The molecule has 0 saturated carbocycles. The molecular formula is C22H24N4O2. The zero-order valence-electron chi connectivity index (χ0n) is 16.1. The van der Waals surface area contributed by atoms with Gasteiger partial charge < -0.3 is 20.3 Å². The van der Waals surface area contributed by atoms with Crippen LogP contribution in [0.1, 0.15) is 33.2 Å². The van der Waals surface area contributed by atoms with Crippen LogP contribution in [0.25, 0.3) is 11.1 Å². The molecule has 144 valence electrons. The predicted octanol–water partition coefficient (Wildman–Crippen LogP) is 2.84. The Hall–Kier alpha value is -3.12. The fourth-order valence-corrected chi connectivity index (χ4v) is 3.83. The van der Waals surface area contributed by atoms with Gasteiger partial charge in [0.25, 0.3) is 5.91 Å². The summed E-state index contributed by atoms with van der Waals surface area (Å²) < 4.78 is 0. The number of likely N-dealkylation sites (N-methyl/N-ethyl adjacent to an activating group) is 1. The van der Waals surface area contributed by atoms with Crippen molar-refractivity contribution in [2.24, 2.45) is 0 Å². The molecule has 4 rings (SSSR count). The molecule has 3 aromatic rings. The normalized spacial score (nSPS) is 14.0. The lowest BCUT2D eigenvalue weighted by Crippen LogP contribution is -2.30. The van der Waals surface area contributed by atoms with Crippen molar-refractivity contribution in [2.75, 3.05) is 25.1 Å². The van der Waals surface area contributed by atoms with Gasteiger partial charge in [-0.2, -0.15) is 0 Å². The third-order valence-corrected chi connectivity index (χ3v) is 5.31. The van der Waals surface area contributed by atoms with Gasteiger partial charge in [-0.15, -0.1) is 0 Å². The van der Waals surface area contributed by atoms with E-state index in [-0.39, 0.29) is 12.5 Å². The van der Waals surface area contributed by atoms with Gasteiger partial charge in [0.05, 0.1) is 12.6 Å². The fourth-order valence-electron chi connectivity index (χ4n) is 3.83. The number of aryl methyl sites for hydroxylation is 1. The number of aliphatic hydroxyl groups excluding tert-OH is 1. The number of hydrogen-bond acceptors (Lipinski definition) is 4. The van der Waals surface area contributed by atoms with E-state index in [1.54, 1.807) is 0 Å². The molecule has 1 aliphatic rings. The second-order valence-electron chi connectivity index (χ2n) is 7.21. The first kappa shape index (κ1) is 18.3. The van der Waals surface area contributed by atoms with Crippen molar-refractivity contribution in [2.45, 2.75) is 19.4 Å². The summed E-state index contributed by atoms with van der Waals surface area (Å²) in [5, 5.41) is 12.6. The van der Waals surface area contributed by atoms with Gasteiger partial charge in [0.1, 0.15) is 11.5 Å². The standard InChI is InChI=1S/C22H24N4O2/c1-14-11-24-21-17(8-9-26(21)2)20(14)16-10-18(23-12-16)22(28)25-19(13-27)15-6-4-3-5-7-15/h3-7,10-12,19,23,27H,8-9,13H2,1-2H3,(H,25,28)/t19-/m1/s1. The number of nitrogens with zero attached hydrogens (tertiary/aromatic N) is 2. The lowest BCUT2D eigenvalue weighted by atomic mass is 9.98. The van der Waals surface area contributed by atoms with Crippen molar-refractivity contribution in [1.82, 2.24) is 15.3 Å². The number of aromatic amines is 1. The Balaban J connectivity index is 1.59. The van der Waals surface area contributed by atoms with Gasteiger partial charge in [0, 0.05) is 37.1 Å². The van der Waals surface area contributed by atoms with Crippen LogP contribution in [0.3, 0.4) is 0 Å². The summed E-state index contributed by atoms with van der Waals surface area (Å²) in [4.78, 5) is 22.5. The molecule has 6 nitrogen and oxygen atoms in total. The van der Waals surface area contributed by atoms with Crippen LogP contribution in [-0.4, -0.2) is 41.2 Å². The van der Waals surface area contributed by atoms with Gasteiger partial charge in [-0.1, -0.05) is 30.3 Å². The van der Waals surface area contributed by atoms with E-state index in [1.165, 1.54) is 5.56 Å². The molecular weight excluding hydrogens is 352 g/mol. The molecule has 2 aromatic heterocycles. The molecule has 3 N–H and O–H groups in total. The van der Waals surface area contributed by atoms with Gasteiger partial charge >= 0.3 is 0 Å². The molecule has 0 radical (unpaired) electrons. The van der Waals surface area contributed by atoms with Gasteiger partial charge in [-0.25, -0.2) is 4.98 Å². The second kappa shape index (κ2) is 7.48. The van der Waals surface area contributed by atoms with Gasteiger partial charge in [0.15, 0.2) is 0 Å². The number of rotatable bonds is 5. The van der Waals surface area contributed by atoms with Gasteiger partial charge in [0.2, 0.25) is 0 Å². The number of H-pyrrole nitrogens is 1. The predicted molar refractivity (Wildman–Crippen MR) is 109 cm³/mol. The van der Waals surface area contributed by atoms with E-state index in [1.807, 2.05) is 62.8 Å². The Morgan fingerprint density at radius 3 is 2.89 bits per heavy atom. The van der Waals surface area contributed by atoms with Crippen LogP contribution in [0.15, 0.2) is 48.8 Å². The van der Waals surface area contributed by atoms with E-state index < -0.39 is 6.04 Å². The Morgan fingerprint density at radius 2 is 2.14 bits per heavy atom. The summed E-state index contributed by atoms with van der Waals surface area (Å²) in [6, 6.07) is 10.9. The quantitative estimate of drug-likeness (QED) is 0.640. The minimum Gasteiger partial charge on any atom is -0.394 e. The highest BCUT2D eigenvalue weighted by atomic mass is 16.3. The first-order valence-electron chi connectivity index (χ1n) is 9.43. The van der Waals surface area contributed by atoms with Crippen LogP contribution in [0.5, 0.6) is 0 Å². The van der Waals surface area contributed by atoms with Crippen LogP contribution in [-0.2, 0) is 6.42 Å². The number of nitrogens with one attached hydrogen (secondary N) is 2. The van der Waals surface area contributed by atoms with Crippen LogP contribution in [0.2, 0.25) is 0 Å². The summed E-state index contributed by atoms with van der Waals surface area (Å²) in [6.45, 7) is 2.84. The Labute approximate surface area is 164 Å². The molecule has 0 saturated heterocycles. The molecule has 6 heteroatoms. The van der Waals surface area contributed by atoms with E-state index in [2.05, 4.69) is 20.2 Å². The largest absolute Gasteiger partial charge is 0.394 e. The van der Waals surface area contributed by atoms with Crippen molar-refractivity contribution >= 4 is 11.7 Å². The number of pyridine rings is 1. The SMILES string of the molecule is Cc1cnc2c(c1-c1c[nH]c(C(=O)N[C@H](CO)c3ccccc3)c1)CCN2C. The molecule has 1 atom stereocenters. The summed E-state index contributed by atoms with van der Waals surface area (Å²) in [5.41, 5.74) is 5.79. The molecule has 0 bridgehead atoms. The number of benzene rings is 1. The molecule has 1 aliphatic heterocycles. The maximum Gasteiger partial charge on any atom is 0.268 e. The second-order valence-corrected chi connectivity index (χ2v) is 7.21. The number of aliphatic hydroxyl groups is 1. The van der Waals surface area contributed by atoms with Crippen LogP contribution >= 0.6 is 0 Å². The van der Waals surface area contributed by atoms with Crippen LogP contribution < -0.4 is 10.2 Å². The minimum absolute atomic E-state index is 0.160. The third-order valence-electron chi connectivity index (χ3n) is 5.31. The van der Waals surface area contributed by atoms with E-state index >= 15 is 0 Å². The molecule has 1 aromatic carbocycles. The van der Waals surface area contributed by atoms with Crippen molar-refractivity contribution < 1.29 is 9.90 Å². The molecule has 28 heavy (non-hydrogen) atoms. The van der Waals surface area contributed by atoms with Crippen molar-refractivity contribution in [3.05, 3.63) is 71.2 Å². The zero-order chi connectivity index (χ0) is 19.7. The smallest absolute Gasteiger partial charge is 0.268 e. The summed E-state index contributed by atoms with van der Waals surface area (Å²) in [7, 11) is 2.05. The van der Waals surface area contributed by atoms with E-state index in [0.717, 1.165) is 41.0 Å². The van der Waals surface area contributed by atoms with E-state index in [4.69, 9.17) is 0 Å². The van der Waals surface area contributed by atoms with E-state index in [9.17, 15) is 9.90 Å². The van der Waals surface area contributed by atoms with Crippen molar-refractivity contribution in [3.63, 3.8) is 0 Å². The summed E-state index contributed by atoms with van der Waals surface area (Å²) in [5.74, 6) is 0.770. The number of carbonyl (C=O) groups excluding carboxylic acids is 1. The molecule has 3 heterocycles. The molecule has 1 amide bonds. The number of aromatic nitrogens is 2. The van der Waals surface area contributed by atoms with Gasteiger partial charge in [-0.05, 0) is 36.1 Å². The zero-order valence-corrected chi connectivity index (χ0v) is 16.1. The molecule has 0 unspecified atom stereocenters. The number of carbonyl (C=O) groups is 1. The maximum atomic E-state index is 12.7. The average Bonchev–Trinajstić information content (AvgIpc) is 3.34. The molecule has 0 aliphatic carbocycles. The van der Waals surface area contributed by atoms with Crippen LogP contribution in [0.4, 0.5) is 5.82 Å². The minimum atomic E-state index is -0.444. The number of hydrogen-bond donors (Lipinski definition) is 3. The highest BCUT2D eigenvalue weighted by Gasteiger charge is 2.24. The average molecular weight is 376 g/mol. The van der Waals surface area contributed by atoms with Crippen LogP contribution in [0, 0.1) is 6.92 Å². The Bertz CT molecular complexity index is 997.